The lowest BCUT2D eigenvalue weighted by Gasteiger charge is -2.14. The second kappa shape index (κ2) is 4.30. The van der Waals surface area contributed by atoms with Gasteiger partial charge in [0.15, 0.2) is 0 Å². The fraction of sp³-hybridized carbons (Fsp3) is 1.00. The Balaban J connectivity index is 2.03. The minimum atomic E-state index is 0.879. The highest BCUT2D eigenvalue weighted by Gasteiger charge is 2.34. The number of hydrogen-bond acceptors (Lipinski definition) is 0. The molecule has 0 nitrogen and oxygen atoms in total. The maximum atomic E-state index is 2.40. The third kappa shape index (κ3) is 2.80. The van der Waals surface area contributed by atoms with Crippen molar-refractivity contribution in [3.8, 4) is 0 Å². The molecule has 72 valence electrons. The first kappa shape index (κ1) is 10.1. The van der Waals surface area contributed by atoms with Gasteiger partial charge in [0.25, 0.3) is 0 Å². The SMILES string of the molecule is CCC1CC1CCC(C)C(C)C. The van der Waals surface area contributed by atoms with E-state index in [9.17, 15) is 0 Å². The molecule has 0 aromatic carbocycles. The molecule has 3 unspecified atom stereocenters. The molecule has 3 atom stereocenters. The minimum absolute atomic E-state index is 0.879. The van der Waals surface area contributed by atoms with E-state index < -0.39 is 0 Å². The Morgan fingerprint density at radius 1 is 1.17 bits per heavy atom. The van der Waals surface area contributed by atoms with E-state index in [1.54, 1.807) is 0 Å². The van der Waals surface area contributed by atoms with Gasteiger partial charge in [-0.25, -0.2) is 0 Å². The lowest BCUT2D eigenvalue weighted by atomic mass is 9.92. The largest absolute Gasteiger partial charge is 0.0651 e. The van der Waals surface area contributed by atoms with Crippen LogP contribution in [0.4, 0.5) is 0 Å². The molecule has 1 saturated carbocycles. The second-order valence-electron chi connectivity index (χ2n) is 4.96. The summed E-state index contributed by atoms with van der Waals surface area (Å²) in [5.74, 6) is 4.02. The Labute approximate surface area is 77.7 Å². The second-order valence-corrected chi connectivity index (χ2v) is 4.96. The molecule has 0 aromatic rings. The first-order chi connectivity index (χ1) is 5.65. The molecule has 12 heavy (non-hydrogen) atoms. The van der Waals surface area contributed by atoms with Crippen LogP contribution in [-0.4, -0.2) is 0 Å². The van der Waals surface area contributed by atoms with Crippen LogP contribution >= 0.6 is 0 Å². The van der Waals surface area contributed by atoms with Crippen molar-refractivity contribution in [2.75, 3.05) is 0 Å². The molecule has 1 rings (SSSR count). The summed E-state index contributed by atoms with van der Waals surface area (Å²) in [6.45, 7) is 9.41. The zero-order valence-electron chi connectivity index (χ0n) is 9.14. The van der Waals surface area contributed by atoms with Gasteiger partial charge in [0.05, 0.1) is 0 Å². The molecule has 0 bridgehead atoms. The van der Waals surface area contributed by atoms with Crippen LogP contribution in [0.15, 0.2) is 0 Å². The van der Waals surface area contributed by atoms with Crippen LogP contribution in [0.3, 0.4) is 0 Å². The molecular weight excluding hydrogens is 144 g/mol. The van der Waals surface area contributed by atoms with Gasteiger partial charge in [0.1, 0.15) is 0 Å². The van der Waals surface area contributed by atoms with Crippen LogP contribution in [0.5, 0.6) is 0 Å². The predicted octanol–water partition coefficient (Wildman–Crippen LogP) is 4.10. The van der Waals surface area contributed by atoms with E-state index in [1.807, 2.05) is 0 Å². The molecular formula is C12H24. The predicted molar refractivity (Wildman–Crippen MR) is 55.1 cm³/mol. The summed E-state index contributed by atoms with van der Waals surface area (Å²) in [6.07, 6.45) is 5.90. The highest BCUT2D eigenvalue weighted by molar-refractivity contribution is 4.85. The zero-order valence-corrected chi connectivity index (χ0v) is 9.14. The van der Waals surface area contributed by atoms with Gasteiger partial charge in [-0.15, -0.1) is 0 Å². The summed E-state index contributed by atoms with van der Waals surface area (Å²) in [4.78, 5) is 0. The molecule has 0 amide bonds. The first-order valence-corrected chi connectivity index (χ1v) is 5.65. The summed E-state index contributed by atoms with van der Waals surface area (Å²) in [5.41, 5.74) is 0. The van der Waals surface area contributed by atoms with Crippen molar-refractivity contribution >= 4 is 0 Å². The fourth-order valence-electron chi connectivity index (χ4n) is 1.97. The molecule has 1 aliphatic rings. The van der Waals surface area contributed by atoms with E-state index in [0.29, 0.717) is 0 Å². The highest BCUT2D eigenvalue weighted by atomic mass is 14.4. The van der Waals surface area contributed by atoms with E-state index in [2.05, 4.69) is 27.7 Å². The molecule has 0 saturated heterocycles. The van der Waals surface area contributed by atoms with Gasteiger partial charge in [-0.2, -0.15) is 0 Å². The average Bonchev–Trinajstić information content (AvgIpc) is 2.78. The maximum Gasteiger partial charge on any atom is -0.0383 e. The third-order valence-electron chi connectivity index (χ3n) is 3.72. The fourth-order valence-corrected chi connectivity index (χ4v) is 1.97. The Kier molecular flexibility index (Phi) is 3.61. The topological polar surface area (TPSA) is 0 Å². The van der Waals surface area contributed by atoms with Crippen LogP contribution in [0, 0.1) is 23.7 Å². The van der Waals surface area contributed by atoms with Crippen molar-refractivity contribution in [1.29, 1.82) is 0 Å². The maximum absolute atomic E-state index is 2.40. The third-order valence-corrected chi connectivity index (χ3v) is 3.72. The number of hydrogen-bond donors (Lipinski definition) is 0. The molecule has 0 aromatic heterocycles. The Morgan fingerprint density at radius 2 is 1.83 bits per heavy atom. The van der Waals surface area contributed by atoms with E-state index in [0.717, 1.165) is 23.7 Å². The van der Waals surface area contributed by atoms with Crippen molar-refractivity contribution in [3.05, 3.63) is 0 Å². The molecule has 0 heteroatoms. The molecule has 0 heterocycles. The standard InChI is InChI=1S/C12H24/c1-5-11-8-12(11)7-6-10(4)9(2)3/h9-12H,5-8H2,1-4H3. The summed E-state index contributed by atoms with van der Waals surface area (Å²) in [7, 11) is 0. The van der Waals surface area contributed by atoms with E-state index >= 15 is 0 Å². The monoisotopic (exact) mass is 168 g/mol. The lowest BCUT2D eigenvalue weighted by Crippen LogP contribution is -2.03. The number of rotatable bonds is 5. The summed E-state index contributed by atoms with van der Waals surface area (Å²) in [5, 5.41) is 0. The lowest BCUT2D eigenvalue weighted by molar-refractivity contribution is 0.369. The van der Waals surface area contributed by atoms with E-state index in [-0.39, 0.29) is 0 Å². The quantitative estimate of drug-likeness (QED) is 0.579. The molecule has 0 aliphatic heterocycles. The molecule has 0 N–H and O–H groups in total. The normalized spacial score (nSPS) is 30.8. The Bertz CT molecular complexity index is 126. The summed E-state index contributed by atoms with van der Waals surface area (Å²) >= 11 is 0. The van der Waals surface area contributed by atoms with Gasteiger partial charge in [-0.3, -0.25) is 0 Å². The zero-order chi connectivity index (χ0) is 9.14. The molecule has 1 aliphatic carbocycles. The van der Waals surface area contributed by atoms with Gasteiger partial charge >= 0.3 is 0 Å². The highest BCUT2D eigenvalue weighted by Crippen LogP contribution is 2.45. The van der Waals surface area contributed by atoms with Gasteiger partial charge in [-0.05, 0) is 36.5 Å². The minimum Gasteiger partial charge on any atom is -0.0651 e. The van der Waals surface area contributed by atoms with E-state index in [1.165, 1.54) is 25.7 Å². The molecule has 0 radical (unpaired) electrons. The Morgan fingerprint density at radius 3 is 2.25 bits per heavy atom. The van der Waals surface area contributed by atoms with Gasteiger partial charge < -0.3 is 0 Å². The van der Waals surface area contributed by atoms with Crippen molar-refractivity contribution in [2.45, 2.75) is 53.4 Å². The van der Waals surface area contributed by atoms with Gasteiger partial charge in [0, 0.05) is 0 Å². The Hall–Kier alpha value is 0. The summed E-state index contributed by atoms with van der Waals surface area (Å²) in [6, 6.07) is 0. The van der Waals surface area contributed by atoms with Gasteiger partial charge in [-0.1, -0.05) is 40.5 Å². The van der Waals surface area contributed by atoms with Crippen molar-refractivity contribution < 1.29 is 0 Å². The van der Waals surface area contributed by atoms with Crippen LogP contribution in [0.2, 0.25) is 0 Å². The van der Waals surface area contributed by atoms with Crippen LogP contribution < -0.4 is 0 Å². The van der Waals surface area contributed by atoms with Crippen molar-refractivity contribution in [2.24, 2.45) is 23.7 Å². The van der Waals surface area contributed by atoms with E-state index in [4.69, 9.17) is 0 Å². The van der Waals surface area contributed by atoms with Gasteiger partial charge in [0.2, 0.25) is 0 Å². The van der Waals surface area contributed by atoms with Crippen molar-refractivity contribution in [1.82, 2.24) is 0 Å². The first-order valence-electron chi connectivity index (χ1n) is 5.65. The van der Waals surface area contributed by atoms with Crippen LogP contribution in [0.25, 0.3) is 0 Å². The molecule has 1 fully saturated rings. The summed E-state index contributed by atoms with van der Waals surface area (Å²) < 4.78 is 0. The smallest absolute Gasteiger partial charge is 0.0383 e. The van der Waals surface area contributed by atoms with Crippen LogP contribution in [0.1, 0.15) is 53.4 Å². The molecule has 0 spiro atoms. The van der Waals surface area contributed by atoms with Crippen LogP contribution in [-0.2, 0) is 0 Å². The van der Waals surface area contributed by atoms with Crippen molar-refractivity contribution in [3.63, 3.8) is 0 Å². The average molecular weight is 168 g/mol.